The summed E-state index contributed by atoms with van der Waals surface area (Å²) >= 11 is 0. The summed E-state index contributed by atoms with van der Waals surface area (Å²) in [5.41, 5.74) is 2.44. The Morgan fingerprint density at radius 3 is 2.48 bits per heavy atom. The highest BCUT2D eigenvalue weighted by Gasteiger charge is 2.21. The Morgan fingerprint density at radius 2 is 1.92 bits per heavy atom. The van der Waals surface area contributed by atoms with Gasteiger partial charge in [-0.3, -0.25) is 10.1 Å². The van der Waals surface area contributed by atoms with Gasteiger partial charge in [-0.05, 0) is 30.7 Å². The molecule has 3 N–H and O–H groups in total. The van der Waals surface area contributed by atoms with Crippen LogP contribution >= 0.6 is 0 Å². The predicted molar refractivity (Wildman–Crippen MR) is 93.5 cm³/mol. The van der Waals surface area contributed by atoms with Gasteiger partial charge in [-0.25, -0.2) is 0 Å². The highest BCUT2D eigenvalue weighted by atomic mass is 16.6. The van der Waals surface area contributed by atoms with Crippen molar-refractivity contribution in [2.45, 2.75) is 25.6 Å². The molecule has 0 amide bonds. The zero-order chi connectivity index (χ0) is 18.4. The first kappa shape index (κ1) is 18.9. The molecule has 0 aliphatic rings. The average Bonchev–Trinajstić information content (AvgIpc) is 2.62. The van der Waals surface area contributed by atoms with E-state index in [-0.39, 0.29) is 12.3 Å². The van der Waals surface area contributed by atoms with Gasteiger partial charge in [0, 0.05) is 24.2 Å². The van der Waals surface area contributed by atoms with E-state index in [4.69, 9.17) is 4.74 Å². The number of hydrogen-bond acceptors (Lipinski definition) is 6. The molecule has 0 radical (unpaired) electrons. The number of non-ortho nitro benzene ring substituents is 1. The number of nitro groups is 1. The van der Waals surface area contributed by atoms with Gasteiger partial charge in [-0.2, -0.15) is 0 Å². The third-order valence-corrected chi connectivity index (χ3v) is 4.01. The van der Waals surface area contributed by atoms with Crippen molar-refractivity contribution in [3.63, 3.8) is 0 Å². The molecule has 0 heterocycles. The van der Waals surface area contributed by atoms with E-state index in [2.05, 4.69) is 5.32 Å². The summed E-state index contributed by atoms with van der Waals surface area (Å²) in [4.78, 5) is 10.2. The predicted octanol–water partition coefficient (Wildman–Crippen LogP) is 2.10. The molecule has 0 saturated carbocycles. The highest BCUT2D eigenvalue weighted by molar-refractivity contribution is 5.37. The monoisotopic (exact) mass is 346 g/mol. The van der Waals surface area contributed by atoms with Crippen LogP contribution in [-0.4, -0.2) is 34.9 Å². The minimum atomic E-state index is -0.999. The van der Waals surface area contributed by atoms with Crippen LogP contribution in [-0.2, 0) is 6.54 Å². The quantitative estimate of drug-likeness (QED) is 0.499. The maximum absolute atomic E-state index is 10.7. The minimum absolute atomic E-state index is 0.0473. The number of aryl methyl sites for hydroxylation is 1. The number of rotatable bonds is 8. The fourth-order valence-corrected chi connectivity index (χ4v) is 2.59. The van der Waals surface area contributed by atoms with Crippen LogP contribution in [0.4, 0.5) is 5.69 Å². The smallest absolute Gasteiger partial charge is 0.269 e. The lowest BCUT2D eigenvalue weighted by Gasteiger charge is -2.23. The van der Waals surface area contributed by atoms with E-state index in [1.54, 1.807) is 7.11 Å². The lowest BCUT2D eigenvalue weighted by atomic mass is 10.0. The summed E-state index contributed by atoms with van der Waals surface area (Å²) in [6.45, 7) is 2.09. The summed E-state index contributed by atoms with van der Waals surface area (Å²) in [6.07, 6.45) is -0.999. The molecule has 0 saturated heterocycles. The molecule has 0 spiro atoms. The number of nitrogens with zero attached hydrogens (tertiary/aromatic N) is 1. The molecule has 134 valence electrons. The molecule has 2 rings (SSSR count). The summed E-state index contributed by atoms with van der Waals surface area (Å²) < 4.78 is 5.32. The van der Waals surface area contributed by atoms with Crippen LogP contribution in [0.25, 0.3) is 0 Å². The van der Waals surface area contributed by atoms with Crippen molar-refractivity contribution in [3.05, 3.63) is 69.3 Å². The van der Waals surface area contributed by atoms with Crippen molar-refractivity contribution in [1.29, 1.82) is 0 Å². The summed E-state index contributed by atoms with van der Waals surface area (Å²) in [6, 6.07) is 10.8. The maximum atomic E-state index is 10.7. The van der Waals surface area contributed by atoms with Crippen LogP contribution in [0.5, 0.6) is 5.75 Å². The van der Waals surface area contributed by atoms with Crippen molar-refractivity contribution >= 4 is 5.69 Å². The van der Waals surface area contributed by atoms with Crippen LogP contribution in [0.1, 0.15) is 22.8 Å². The molecule has 7 nitrogen and oxygen atoms in total. The minimum Gasteiger partial charge on any atom is -0.496 e. The largest absolute Gasteiger partial charge is 0.496 e. The zero-order valence-corrected chi connectivity index (χ0v) is 14.2. The van der Waals surface area contributed by atoms with Crippen molar-refractivity contribution < 1.29 is 19.9 Å². The molecule has 0 fully saturated rings. The third kappa shape index (κ3) is 4.76. The van der Waals surface area contributed by atoms with Gasteiger partial charge in [0.05, 0.1) is 30.8 Å². The molecule has 0 bridgehead atoms. The van der Waals surface area contributed by atoms with Crippen LogP contribution in [0.2, 0.25) is 0 Å². The van der Waals surface area contributed by atoms with Gasteiger partial charge < -0.3 is 20.3 Å². The third-order valence-electron chi connectivity index (χ3n) is 4.01. The second kappa shape index (κ2) is 8.57. The topological polar surface area (TPSA) is 105 Å². The first-order chi connectivity index (χ1) is 12.0. The van der Waals surface area contributed by atoms with Crippen molar-refractivity contribution in [2.75, 3.05) is 13.7 Å². The molecule has 0 aliphatic carbocycles. The lowest BCUT2D eigenvalue weighted by Crippen LogP contribution is -2.37. The fraction of sp³-hybridized carbons (Fsp3) is 0.333. The average molecular weight is 346 g/mol. The molecule has 7 heteroatoms. The van der Waals surface area contributed by atoms with E-state index < -0.39 is 17.1 Å². The number of nitro benzene ring substituents is 1. The molecule has 2 atom stereocenters. The maximum Gasteiger partial charge on any atom is 0.269 e. The number of hydrogen-bond donors (Lipinski definition) is 3. The lowest BCUT2D eigenvalue weighted by molar-refractivity contribution is -0.384. The number of ether oxygens (including phenoxy) is 1. The Balaban J connectivity index is 2.09. The Morgan fingerprint density at radius 1 is 1.24 bits per heavy atom. The Hall–Kier alpha value is -2.48. The summed E-state index contributed by atoms with van der Waals surface area (Å²) in [7, 11) is 1.59. The Bertz CT molecular complexity index is 718. The van der Waals surface area contributed by atoms with Crippen LogP contribution in [0.15, 0.2) is 42.5 Å². The van der Waals surface area contributed by atoms with Gasteiger partial charge in [0.15, 0.2) is 0 Å². The molecule has 2 aromatic rings. The Labute approximate surface area is 146 Å². The highest BCUT2D eigenvalue weighted by Crippen LogP contribution is 2.23. The first-order valence-electron chi connectivity index (χ1n) is 7.86. The molecule has 0 aliphatic heterocycles. The van der Waals surface area contributed by atoms with E-state index >= 15 is 0 Å². The SMILES string of the molecule is COc1ccc(C)cc1CN[C@@H](CO)[C@@H](O)c1ccc([N+](=O)[O-])cc1. The zero-order valence-electron chi connectivity index (χ0n) is 14.2. The van der Waals surface area contributed by atoms with Gasteiger partial charge >= 0.3 is 0 Å². The molecule has 25 heavy (non-hydrogen) atoms. The molecule has 0 unspecified atom stereocenters. The molecular formula is C18H22N2O5. The van der Waals surface area contributed by atoms with Gasteiger partial charge in [0.25, 0.3) is 5.69 Å². The number of methoxy groups -OCH3 is 1. The molecule has 0 aromatic heterocycles. The van der Waals surface area contributed by atoms with E-state index in [1.165, 1.54) is 24.3 Å². The van der Waals surface area contributed by atoms with Crippen LogP contribution in [0.3, 0.4) is 0 Å². The second-order valence-corrected chi connectivity index (χ2v) is 5.78. The van der Waals surface area contributed by atoms with E-state index in [1.807, 2.05) is 25.1 Å². The fourth-order valence-electron chi connectivity index (χ4n) is 2.59. The number of nitrogens with one attached hydrogen (secondary N) is 1. The van der Waals surface area contributed by atoms with E-state index in [0.717, 1.165) is 16.9 Å². The number of aliphatic hydroxyl groups excluding tert-OH is 2. The van der Waals surface area contributed by atoms with Gasteiger partial charge in [-0.15, -0.1) is 0 Å². The van der Waals surface area contributed by atoms with Crippen LogP contribution < -0.4 is 10.1 Å². The molecular weight excluding hydrogens is 324 g/mol. The van der Waals surface area contributed by atoms with Gasteiger partial charge in [-0.1, -0.05) is 17.7 Å². The van der Waals surface area contributed by atoms with Gasteiger partial charge in [0.1, 0.15) is 5.75 Å². The van der Waals surface area contributed by atoms with Crippen LogP contribution in [0, 0.1) is 17.0 Å². The summed E-state index contributed by atoms with van der Waals surface area (Å²) in [5, 5.41) is 33.9. The molecule has 2 aromatic carbocycles. The normalized spacial score (nSPS) is 13.3. The standard InChI is InChI=1S/C18H22N2O5/c1-12-3-8-17(25-2)14(9-12)10-19-16(11-21)18(22)13-4-6-15(7-5-13)20(23)24/h3-9,16,18-19,21-22H,10-11H2,1-2H3/t16-,18-/m0/s1. The number of benzene rings is 2. The number of aliphatic hydroxyl groups is 2. The first-order valence-corrected chi connectivity index (χ1v) is 7.86. The second-order valence-electron chi connectivity index (χ2n) is 5.78. The van der Waals surface area contributed by atoms with Crippen molar-refractivity contribution in [1.82, 2.24) is 5.32 Å². The van der Waals surface area contributed by atoms with Gasteiger partial charge in [0.2, 0.25) is 0 Å². The summed E-state index contributed by atoms with van der Waals surface area (Å²) in [5.74, 6) is 0.722. The van der Waals surface area contributed by atoms with E-state index in [0.29, 0.717) is 12.1 Å². The van der Waals surface area contributed by atoms with E-state index in [9.17, 15) is 20.3 Å². The Kier molecular flexibility index (Phi) is 6.46. The van der Waals surface area contributed by atoms with Crippen molar-refractivity contribution in [3.8, 4) is 5.75 Å². The van der Waals surface area contributed by atoms with Crippen molar-refractivity contribution in [2.24, 2.45) is 0 Å².